The molecule has 0 radical (unpaired) electrons. The van der Waals surface area contributed by atoms with Crippen molar-refractivity contribution in [2.45, 2.75) is 25.6 Å². The average molecular weight is 338 g/mol. The van der Waals surface area contributed by atoms with Gasteiger partial charge >= 0.3 is 0 Å². The molecule has 1 N–H and O–H groups in total. The van der Waals surface area contributed by atoms with E-state index < -0.39 is 5.60 Å². The molecule has 124 valence electrons. The molecule has 0 bridgehead atoms. The van der Waals surface area contributed by atoms with Gasteiger partial charge in [-0.1, -0.05) is 11.6 Å². The summed E-state index contributed by atoms with van der Waals surface area (Å²) in [7, 11) is 1.63. The van der Waals surface area contributed by atoms with Gasteiger partial charge in [-0.2, -0.15) is 5.10 Å². The lowest BCUT2D eigenvalue weighted by atomic mass is 10.0. The molecule has 1 atom stereocenters. The number of halogens is 1. The molecule has 1 aliphatic heterocycles. The second-order valence-electron chi connectivity index (χ2n) is 6.40. The number of amides is 1. The maximum Gasteiger partial charge on any atom is 0.275 e. The van der Waals surface area contributed by atoms with Gasteiger partial charge in [0.05, 0.1) is 23.8 Å². The Kier molecular flexibility index (Phi) is 4.31. The molecular formula is C16H20ClN3O3. The van der Waals surface area contributed by atoms with E-state index in [-0.39, 0.29) is 12.0 Å². The number of rotatable bonds is 3. The molecule has 23 heavy (non-hydrogen) atoms. The first-order valence-corrected chi connectivity index (χ1v) is 7.87. The number of fused-ring (bicyclic) bond motifs is 1. The zero-order valence-electron chi connectivity index (χ0n) is 13.4. The maximum atomic E-state index is 12.9. The third kappa shape index (κ3) is 3.34. The molecule has 1 saturated heterocycles. The molecule has 2 aromatic rings. The van der Waals surface area contributed by atoms with Gasteiger partial charge in [0.25, 0.3) is 5.91 Å². The minimum atomic E-state index is -0.430. The highest BCUT2D eigenvalue weighted by atomic mass is 35.5. The van der Waals surface area contributed by atoms with Gasteiger partial charge in [-0.05, 0) is 32.0 Å². The van der Waals surface area contributed by atoms with E-state index in [1.54, 1.807) is 24.1 Å². The monoisotopic (exact) mass is 337 g/mol. The van der Waals surface area contributed by atoms with Crippen molar-refractivity contribution in [2.24, 2.45) is 0 Å². The van der Waals surface area contributed by atoms with Crippen molar-refractivity contribution in [3.05, 3.63) is 28.9 Å². The van der Waals surface area contributed by atoms with Crippen molar-refractivity contribution in [3.8, 4) is 0 Å². The largest absolute Gasteiger partial charge is 0.382 e. The normalized spacial score (nSPS) is 20.9. The molecule has 0 saturated carbocycles. The van der Waals surface area contributed by atoms with Gasteiger partial charge in [0, 0.05) is 30.6 Å². The number of aromatic nitrogens is 2. The number of benzene rings is 1. The van der Waals surface area contributed by atoms with Crippen molar-refractivity contribution in [1.82, 2.24) is 15.1 Å². The Balaban J connectivity index is 1.90. The van der Waals surface area contributed by atoms with Crippen LogP contribution in [0.5, 0.6) is 0 Å². The van der Waals surface area contributed by atoms with E-state index in [1.165, 1.54) is 0 Å². The summed E-state index contributed by atoms with van der Waals surface area (Å²) in [6.07, 6.45) is -0.151. The van der Waals surface area contributed by atoms with E-state index in [0.29, 0.717) is 30.4 Å². The van der Waals surface area contributed by atoms with Crippen molar-refractivity contribution < 1.29 is 14.3 Å². The number of aromatic amines is 1. The molecule has 1 aliphatic rings. The van der Waals surface area contributed by atoms with Gasteiger partial charge in [-0.15, -0.1) is 0 Å². The summed E-state index contributed by atoms with van der Waals surface area (Å²) in [5.74, 6) is -0.129. The fourth-order valence-electron chi connectivity index (χ4n) is 3.02. The first-order valence-electron chi connectivity index (χ1n) is 7.49. The van der Waals surface area contributed by atoms with Gasteiger partial charge < -0.3 is 14.4 Å². The number of hydrogen-bond donors (Lipinski definition) is 1. The fraction of sp³-hybridized carbons (Fsp3) is 0.500. The lowest BCUT2D eigenvalue weighted by molar-refractivity contribution is -0.143. The van der Waals surface area contributed by atoms with Crippen LogP contribution >= 0.6 is 11.6 Å². The summed E-state index contributed by atoms with van der Waals surface area (Å²) in [4.78, 5) is 14.7. The number of methoxy groups -OCH3 is 1. The average Bonchev–Trinajstić information content (AvgIpc) is 2.88. The van der Waals surface area contributed by atoms with Crippen LogP contribution in [0.1, 0.15) is 24.3 Å². The Morgan fingerprint density at radius 3 is 3.09 bits per heavy atom. The standard InChI is InChI=1S/C16H20ClN3O3/c1-16(2)9-20(7-11(23-16)8-22-3)15(21)14-12-6-10(17)4-5-13(12)18-19-14/h4-6,11H,7-9H2,1-3H3,(H,18,19). The van der Waals surface area contributed by atoms with Crippen molar-refractivity contribution in [1.29, 1.82) is 0 Å². The summed E-state index contributed by atoms with van der Waals surface area (Å²) >= 11 is 6.04. The topological polar surface area (TPSA) is 67.5 Å². The first kappa shape index (κ1) is 16.2. The summed E-state index contributed by atoms with van der Waals surface area (Å²) in [5, 5.41) is 8.37. The van der Waals surface area contributed by atoms with Gasteiger partial charge in [-0.3, -0.25) is 9.89 Å². The molecule has 0 spiro atoms. The lowest BCUT2D eigenvalue weighted by Gasteiger charge is -2.42. The smallest absolute Gasteiger partial charge is 0.275 e. The van der Waals surface area contributed by atoms with Crippen LogP contribution in [0.3, 0.4) is 0 Å². The Hall–Kier alpha value is -1.63. The quantitative estimate of drug-likeness (QED) is 0.934. The summed E-state index contributed by atoms with van der Waals surface area (Å²) in [6.45, 7) is 5.36. The molecule has 1 amide bonds. The first-order chi connectivity index (χ1) is 10.9. The molecule has 3 rings (SSSR count). The third-order valence-electron chi connectivity index (χ3n) is 3.85. The minimum Gasteiger partial charge on any atom is -0.382 e. The van der Waals surface area contributed by atoms with Crippen molar-refractivity contribution >= 4 is 28.4 Å². The van der Waals surface area contributed by atoms with E-state index in [1.807, 2.05) is 19.9 Å². The van der Waals surface area contributed by atoms with Crippen molar-refractivity contribution in [2.75, 3.05) is 26.8 Å². The zero-order chi connectivity index (χ0) is 16.6. The van der Waals surface area contributed by atoms with E-state index in [2.05, 4.69) is 10.2 Å². The summed E-state index contributed by atoms with van der Waals surface area (Å²) in [6, 6.07) is 5.34. The van der Waals surface area contributed by atoms with Crippen LogP contribution in [-0.2, 0) is 9.47 Å². The van der Waals surface area contributed by atoms with Crippen LogP contribution < -0.4 is 0 Å². The molecule has 1 aromatic heterocycles. The molecule has 0 aliphatic carbocycles. The van der Waals surface area contributed by atoms with Gasteiger partial charge in [0.15, 0.2) is 5.69 Å². The lowest BCUT2D eigenvalue weighted by Crippen LogP contribution is -2.55. The molecule has 7 heteroatoms. The maximum absolute atomic E-state index is 12.9. The Labute approximate surface area is 139 Å². The van der Waals surface area contributed by atoms with Crippen LogP contribution in [0.2, 0.25) is 5.02 Å². The number of nitrogens with zero attached hydrogens (tertiary/aromatic N) is 2. The molecular weight excluding hydrogens is 318 g/mol. The van der Waals surface area contributed by atoms with E-state index in [4.69, 9.17) is 21.1 Å². The van der Waals surface area contributed by atoms with E-state index in [0.717, 1.165) is 10.9 Å². The molecule has 1 unspecified atom stereocenters. The molecule has 6 nitrogen and oxygen atoms in total. The van der Waals surface area contributed by atoms with Crippen LogP contribution in [-0.4, -0.2) is 59.5 Å². The number of carbonyl (C=O) groups is 1. The highest BCUT2D eigenvalue weighted by Gasteiger charge is 2.36. The molecule has 2 heterocycles. The van der Waals surface area contributed by atoms with Gasteiger partial charge in [0.1, 0.15) is 0 Å². The molecule has 1 aromatic carbocycles. The predicted octanol–water partition coefficient (Wildman–Crippen LogP) is 2.48. The number of ether oxygens (including phenoxy) is 2. The van der Waals surface area contributed by atoms with E-state index >= 15 is 0 Å². The number of H-pyrrole nitrogens is 1. The SMILES string of the molecule is COCC1CN(C(=O)c2n[nH]c3ccc(Cl)cc23)CC(C)(C)O1. The van der Waals surface area contributed by atoms with E-state index in [9.17, 15) is 4.79 Å². The van der Waals surface area contributed by atoms with Crippen LogP contribution in [0.25, 0.3) is 10.9 Å². The second kappa shape index (κ2) is 6.11. The van der Waals surface area contributed by atoms with Crippen LogP contribution in [0.4, 0.5) is 0 Å². The van der Waals surface area contributed by atoms with Crippen LogP contribution in [0, 0.1) is 0 Å². The van der Waals surface area contributed by atoms with Gasteiger partial charge in [0.2, 0.25) is 0 Å². The number of nitrogens with one attached hydrogen (secondary N) is 1. The zero-order valence-corrected chi connectivity index (χ0v) is 14.2. The summed E-state index contributed by atoms with van der Waals surface area (Å²) < 4.78 is 11.1. The minimum absolute atomic E-state index is 0.129. The predicted molar refractivity (Wildman–Crippen MR) is 87.8 cm³/mol. The Morgan fingerprint density at radius 1 is 1.57 bits per heavy atom. The highest BCUT2D eigenvalue weighted by molar-refractivity contribution is 6.31. The fourth-order valence-corrected chi connectivity index (χ4v) is 3.19. The number of morpholine rings is 1. The second-order valence-corrected chi connectivity index (χ2v) is 6.84. The third-order valence-corrected chi connectivity index (χ3v) is 4.08. The molecule has 1 fully saturated rings. The Bertz CT molecular complexity index is 728. The number of carbonyl (C=O) groups excluding carboxylic acids is 1. The highest BCUT2D eigenvalue weighted by Crippen LogP contribution is 2.26. The van der Waals surface area contributed by atoms with Crippen LogP contribution in [0.15, 0.2) is 18.2 Å². The Morgan fingerprint density at radius 2 is 2.35 bits per heavy atom. The van der Waals surface area contributed by atoms with Crippen molar-refractivity contribution in [3.63, 3.8) is 0 Å². The van der Waals surface area contributed by atoms with Gasteiger partial charge in [-0.25, -0.2) is 0 Å². The number of hydrogen-bond acceptors (Lipinski definition) is 4. The summed E-state index contributed by atoms with van der Waals surface area (Å²) in [5.41, 5.74) is 0.746.